The van der Waals surface area contributed by atoms with Crippen LogP contribution in [0.1, 0.15) is 34.1 Å². The van der Waals surface area contributed by atoms with Crippen LogP contribution in [0.5, 0.6) is 0 Å². The summed E-state index contributed by atoms with van der Waals surface area (Å²) in [4.78, 5) is 23.1. The molecule has 0 saturated heterocycles. The Bertz CT molecular complexity index is 359. The second-order valence-corrected chi connectivity index (χ2v) is 6.50. The topological polar surface area (TPSA) is 90.9 Å². The normalized spacial score (nSPS) is 13.9. The van der Waals surface area contributed by atoms with E-state index in [2.05, 4.69) is 5.32 Å². The zero-order chi connectivity index (χ0) is 16.4. The van der Waals surface area contributed by atoms with E-state index in [0.717, 1.165) is 0 Å². The van der Waals surface area contributed by atoms with E-state index in [4.69, 9.17) is 14.0 Å². The zero-order valence-corrected chi connectivity index (χ0v) is 14.3. The summed E-state index contributed by atoms with van der Waals surface area (Å²) in [5.74, 6) is -0.845. The number of nitrogens with one attached hydrogen (secondary N) is 1. The summed E-state index contributed by atoms with van der Waals surface area (Å²) < 4.78 is 25.8. The van der Waals surface area contributed by atoms with Crippen LogP contribution in [-0.4, -0.2) is 38.2 Å². The van der Waals surface area contributed by atoms with E-state index in [9.17, 15) is 14.2 Å². The van der Waals surface area contributed by atoms with Gasteiger partial charge in [-0.1, -0.05) is 27.7 Å². The number of hydrogen-bond acceptors (Lipinski definition) is 6. The molecule has 21 heavy (non-hydrogen) atoms. The van der Waals surface area contributed by atoms with Gasteiger partial charge in [-0.05, 0) is 6.42 Å². The van der Waals surface area contributed by atoms with E-state index in [1.807, 2.05) is 0 Å². The minimum atomic E-state index is -1.94. The third-order valence-electron chi connectivity index (χ3n) is 2.37. The van der Waals surface area contributed by atoms with Crippen LogP contribution < -0.4 is 5.32 Å². The van der Waals surface area contributed by atoms with Gasteiger partial charge in [0.2, 0.25) is 0 Å². The van der Waals surface area contributed by atoms with Gasteiger partial charge in [0.15, 0.2) is 8.03 Å². The largest absolute Gasteiger partial charge is 0.425 e. The van der Waals surface area contributed by atoms with Gasteiger partial charge >= 0.3 is 12.1 Å². The maximum absolute atomic E-state index is 11.6. The molecule has 1 N–H and O–H groups in total. The third-order valence-corrected chi connectivity index (χ3v) is 2.98. The standard InChI is InChI=1S/C13H26NO6P/c1-9(2)11(15)19-12(10(3)4)20-13(16)14-7-6-8-18-21(5)17/h9-10,12,21H,6-8H2,1-5H3,(H,14,16). The molecule has 8 heteroatoms. The van der Waals surface area contributed by atoms with E-state index < -0.39 is 26.4 Å². The summed E-state index contributed by atoms with van der Waals surface area (Å²) in [5, 5.41) is 2.52. The van der Waals surface area contributed by atoms with Crippen molar-refractivity contribution in [3.05, 3.63) is 0 Å². The summed E-state index contributed by atoms with van der Waals surface area (Å²) in [7, 11) is -1.94. The SMILES string of the molecule is CC(C)C(=O)OC(OC(=O)NCCCO[PH](C)=O)C(C)C. The Labute approximate surface area is 126 Å². The maximum atomic E-state index is 11.6. The van der Waals surface area contributed by atoms with Crippen molar-refractivity contribution in [1.29, 1.82) is 0 Å². The molecule has 2 unspecified atom stereocenters. The number of amides is 1. The van der Waals surface area contributed by atoms with Crippen LogP contribution in [0.2, 0.25) is 0 Å². The van der Waals surface area contributed by atoms with E-state index in [1.165, 1.54) is 6.66 Å². The van der Waals surface area contributed by atoms with Crippen LogP contribution in [0.4, 0.5) is 4.79 Å². The first-order valence-electron chi connectivity index (χ1n) is 7.02. The second-order valence-electron chi connectivity index (χ2n) is 5.23. The van der Waals surface area contributed by atoms with Crippen LogP contribution in [0, 0.1) is 11.8 Å². The molecule has 0 heterocycles. The smallest absolute Gasteiger partial charge is 0.410 e. The highest BCUT2D eigenvalue weighted by atomic mass is 31.1. The molecule has 0 aromatic heterocycles. The van der Waals surface area contributed by atoms with Crippen molar-refractivity contribution in [1.82, 2.24) is 5.32 Å². The quantitative estimate of drug-likeness (QED) is 0.303. The van der Waals surface area contributed by atoms with Crippen molar-refractivity contribution in [2.75, 3.05) is 19.8 Å². The second kappa shape index (κ2) is 10.6. The Hall–Kier alpha value is -1.07. The van der Waals surface area contributed by atoms with Gasteiger partial charge in [-0.25, -0.2) is 4.79 Å². The molecular formula is C13H26NO6P. The van der Waals surface area contributed by atoms with E-state index >= 15 is 0 Å². The molecule has 0 aliphatic carbocycles. The average Bonchev–Trinajstić information content (AvgIpc) is 2.36. The average molecular weight is 323 g/mol. The molecule has 0 aromatic carbocycles. The fourth-order valence-corrected chi connectivity index (χ4v) is 1.60. The van der Waals surface area contributed by atoms with Crippen molar-refractivity contribution >= 4 is 20.1 Å². The van der Waals surface area contributed by atoms with Crippen molar-refractivity contribution in [3.8, 4) is 0 Å². The van der Waals surface area contributed by atoms with Gasteiger partial charge in [0, 0.05) is 19.1 Å². The number of esters is 1. The molecule has 0 saturated carbocycles. The van der Waals surface area contributed by atoms with Crippen LogP contribution in [-0.2, 0) is 23.4 Å². The molecule has 0 bridgehead atoms. The predicted octanol–water partition coefficient (Wildman–Crippen LogP) is 2.41. The van der Waals surface area contributed by atoms with Gasteiger partial charge in [0.1, 0.15) is 0 Å². The highest BCUT2D eigenvalue weighted by Crippen LogP contribution is 2.14. The minimum absolute atomic E-state index is 0.146. The van der Waals surface area contributed by atoms with Crippen molar-refractivity contribution in [3.63, 3.8) is 0 Å². The van der Waals surface area contributed by atoms with Gasteiger partial charge in [-0.2, -0.15) is 0 Å². The number of carbonyl (C=O) groups is 2. The number of alkyl carbamates (subject to hydrolysis) is 1. The molecule has 0 aliphatic rings. The summed E-state index contributed by atoms with van der Waals surface area (Å²) in [6.45, 7) is 9.14. The predicted molar refractivity (Wildman–Crippen MR) is 79.5 cm³/mol. The lowest BCUT2D eigenvalue weighted by atomic mass is 10.2. The number of carbonyl (C=O) groups excluding carboxylic acids is 2. The minimum Gasteiger partial charge on any atom is -0.425 e. The lowest BCUT2D eigenvalue weighted by molar-refractivity contribution is -0.178. The molecule has 0 radical (unpaired) electrons. The zero-order valence-electron chi connectivity index (χ0n) is 13.3. The fraction of sp³-hybridized carbons (Fsp3) is 0.846. The van der Waals surface area contributed by atoms with Crippen LogP contribution in [0.25, 0.3) is 0 Å². The lowest BCUT2D eigenvalue weighted by Crippen LogP contribution is -2.36. The van der Waals surface area contributed by atoms with E-state index in [1.54, 1.807) is 27.7 Å². The van der Waals surface area contributed by atoms with Crippen molar-refractivity contribution < 1.29 is 28.2 Å². The number of ether oxygens (including phenoxy) is 2. The van der Waals surface area contributed by atoms with Crippen LogP contribution in [0.15, 0.2) is 0 Å². The molecule has 7 nitrogen and oxygen atoms in total. The highest BCUT2D eigenvalue weighted by Gasteiger charge is 2.23. The Morgan fingerprint density at radius 3 is 2.24 bits per heavy atom. The highest BCUT2D eigenvalue weighted by molar-refractivity contribution is 7.38. The molecular weight excluding hydrogens is 297 g/mol. The molecule has 0 spiro atoms. The first kappa shape index (κ1) is 19.9. The van der Waals surface area contributed by atoms with Gasteiger partial charge in [0.25, 0.3) is 6.29 Å². The summed E-state index contributed by atoms with van der Waals surface area (Å²) in [6, 6.07) is 0. The Kier molecular flexibility index (Phi) is 10.1. The number of hydrogen-bond donors (Lipinski definition) is 1. The van der Waals surface area contributed by atoms with Gasteiger partial charge in [-0.15, -0.1) is 0 Å². The van der Waals surface area contributed by atoms with Gasteiger partial charge in [-0.3, -0.25) is 9.36 Å². The van der Waals surface area contributed by atoms with Gasteiger partial charge in [0.05, 0.1) is 12.5 Å². The molecule has 2 atom stereocenters. The van der Waals surface area contributed by atoms with Crippen molar-refractivity contribution in [2.45, 2.75) is 40.4 Å². The lowest BCUT2D eigenvalue weighted by Gasteiger charge is -2.22. The van der Waals surface area contributed by atoms with Crippen molar-refractivity contribution in [2.24, 2.45) is 11.8 Å². The van der Waals surface area contributed by atoms with Gasteiger partial charge < -0.3 is 19.3 Å². The number of rotatable bonds is 9. The first-order valence-corrected chi connectivity index (χ1v) is 8.84. The molecule has 0 fully saturated rings. The Balaban J connectivity index is 4.06. The van der Waals surface area contributed by atoms with E-state index in [0.29, 0.717) is 19.6 Å². The molecule has 124 valence electrons. The summed E-state index contributed by atoms with van der Waals surface area (Å²) >= 11 is 0. The Morgan fingerprint density at radius 1 is 1.14 bits per heavy atom. The molecule has 1 amide bonds. The molecule has 0 aliphatic heterocycles. The summed E-state index contributed by atoms with van der Waals surface area (Å²) in [5.41, 5.74) is 0. The fourth-order valence-electron chi connectivity index (χ4n) is 1.17. The van der Waals surface area contributed by atoms with E-state index in [-0.39, 0.29) is 11.8 Å². The molecule has 0 rings (SSSR count). The monoisotopic (exact) mass is 323 g/mol. The van der Waals surface area contributed by atoms with Crippen LogP contribution in [0.3, 0.4) is 0 Å². The maximum Gasteiger partial charge on any atom is 0.410 e. The molecule has 0 aromatic rings. The van der Waals surface area contributed by atoms with Crippen LogP contribution >= 0.6 is 8.03 Å². The Morgan fingerprint density at radius 2 is 1.76 bits per heavy atom. The summed E-state index contributed by atoms with van der Waals surface area (Å²) in [6.07, 6.45) is -1.05. The first-order chi connectivity index (χ1) is 9.73. The third kappa shape index (κ3) is 10.3.